The zero-order valence-corrected chi connectivity index (χ0v) is 14.1. The van der Waals surface area contributed by atoms with Gasteiger partial charge in [0.1, 0.15) is 12.2 Å². The molecule has 8 heteroatoms. The highest BCUT2D eigenvalue weighted by Gasteiger charge is 2.33. The fourth-order valence-corrected chi connectivity index (χ4v) is 3.19. The van der Waals surface area contributed by atoms with Crippen LogP contribution >= 0.6 is 0 Å². The number of carbonyl (C=O) groups is 2. The number of ether oxygens (including phenoxy) is 1. The standard InChI is InChI=1S/C17H23N3O5/c1-10-2-3-11(8-13(10)20-6-5-18-17(20)24)16(23)19-12-4-7-25-14(9-21)15(12)22/h2-3,8,12,14-15,21-22H,4-7,9H2,1H3,(H,18,24)(H,19,23)/t12-,14+,15-/m0/s1. The van der Waals surface area contributed by atoms with E-state index in [9.17, 15) is 19.8 Å². The molecule has 0 unspecified atom stereocenters. The monoisotopic (exact) mass is 349 g/mol. The molecule has 0 bridgehead atoms. The summed E-state index contributed by atoms with van der Waals surface area (Å²) in [6.45, 7) is 3.08. The van der Waals surface area contributed by atoms with E-state index in [-0.39, 0.29) is 18.5 Å². The van der Waals surface area contributed by atoms with Crippen LogP contribution in [0.25, 0.3) is 0 Å². The number of rotatable bonds is 4. The summed E-state index contributed by atoms with van der Waals surface area (Å²) >= 11 is 0. The summed E-state index contributed by atoms with van der Waals surface area (Å²) in [4.78, 5) is 26.1. The average Bonchev–Trinajstić information content (AvgIpc) is 3.03. The number of carbonyl (C=O) groups excluding carboxylic acids is 2. The lowest BCUT2D eigenvalue weighted by molar-refractivity contribution is -0.107. The largest absolute Gasteiger partial charge is 0.394 e. The Hall–Kier alpha value is -2.16. The van der Waals surface area contributed by atoms with Crippen molar-refractivity contribution < 1.29 is 24.5 Å². The molecule has 0 saturated carbocycles. The van der Waals surface area contributed by atoms with E-state index in [1.54, 1.807) is 23.1 Å². The Morgan fingerprint density at radius 2 is 2.28 bits per heavy atom. The van der Waals surface area contributed by atoms with Crippen LogP contribution in [0.1, 0.15) is 22.3 Å². The van der Waals surface area contributed by atoms with Crippen molar-refractivity contribution in [2.45, 2.75) is 31.6 Å². The number of hydrogen-bond acceptors (Lipinski definition) is 5. The molecule has 3 rings (SSSR count). The molecule has 0 radical (unpaired) electrons. The Labute approximate surface area is 145 Å². The van der Waals surface area contributed by atoms with E-state index < -0.39 is 18.2 Å². The van der Waals surface area contributed by atoms with Crippen molar-refractivity contribution in [2.75, 3.05) is 31.2 Å². The van der Waals surface area contributed by atoms with Gasteiger partial charge in [0.25, 0.3) is 5.91 Å². The molecule has 2 heterocycles. The molecule has 2 saturated heterocycles. The second-order valence-electron chi connectivity index (χ2n) is 6.34. The van der Waals surface area contributed by atoms with E-state index in [0.29, 0.717) is 37.4 Å². The van der Waals surface area contributed by atoms with E-state index in [2.05, 4.69) is 10.6 Å². The molecular weight excluding hydrogens is 326 g/mol. The highest BCUT2D eigenvalue weighted by atomic mass is 16.5. The van der Waals surface area contributed by atoms with Gasteiger partial charge in [-0.2, -0.15) is 0 Å². The summed E-state index contributed by atoms with van der Waals surface area (Å²) in [5.74, 6) is -0.330. The fourth-order valence-electron chi connectivity index (χ4n) is 3.19. The second-order valence-corrected chi connectivity index (χ2v) is 6.34. The zero-order chi connectivity index (χ0) is 18.0. The summed E-state index contributed by atoms with van der Waals surface area (Å²) in [7, 11) is 0. The van der Waals surface area contributed by atoms with Crippen molar-refractivity contribution in [2.24, 2.45) is 0 Å². The molecule has 3 amide bonds. The van der Waals surface area contributed by atoms with Crippen LogP contribution < -0.4 is 15.5 Å². The molecule has 136 valence electrons. The summed E-state index contributed by atoms with van der Waals surface area (Å²) in [6.07, 6.45) is -1.19. The van der Waals surface area contributed by atoms with Gasteiger partial charge >= 0.3 is 6.03 Å². The Kier molecular flexibility index (Phi) is 5.22. The number of aliphatic hydroxyl groups excluding tert-OH is 2. The maximum atomic E-state index is 12.6. The first-order valence-electron chi connectivity index (χ1n) is 8.38. The van der Waals surface area contributed by atoms with Crippen molar-refractivity contribution in [1.29, 1.82) is 0 Å². The molecule has 0 aromatic heterocycles. The number of hydrogen-bond donors (Lipinski definition) is 4. The topological polar surface area (TPSA) is 111 Å². The molecule has 0 spiro atoms. The van der Waals surface area contributed by atoms with Gasteiger partial charge < -0.3 is 25.6 Å². The van der Waals surface area contributed by atoms with Crippen LogP contribution in [-0.2, 0) is 4.74 Å². The first kappa shape index (κ1) is 17.7. The van der Waals surface area contributed by atoms with E-state index >= 15 is 0 Å². The summed E-state index contributed by atoms with van der Waals surface area (Å²) in [6, 6.07) is 4.51. The maximum Gasteiger partial charge on any atom is 0.322 e. The highest BCUT2D eigenvalue weighted by molar-refractivity contribution is 5.99. The van der Waals surface area contributed by atoms with Crippen molar-refractivity contribution in [3.05, 3.63) is 29.3 Å². The number of aryl methyl sites for hydroxylation is 1. The number of aliphatic hydroxyl groups is 2. The van der Waals surface area contributed by atoms with Crippen LogP contribution in [0.5, 0.6) is 0 Å². The first-order chi connectivity index (χ1) is 12.0. The molecule has 1 aromatic rings. The number of amides is 3. The quantitative estimate of drug-likeness (QED) is 0.600. The number of benzene rings is 1. The van der Waals surface area contributed by atoms with Gasteiger partial charge in [0.05, 0.1) is 12.6 Å². The third-order valence-electron chi connectivity index (χ3n) is 4.67. The highest BCUT2D eigenvalue weighted by Crippen LogP contribution is 2.24. The summed E-state index contributed by atoms with van der Waals surface area (Å²) < 4.78 is 5.27. The van der Waals surface area contributed by atoms with Crippen molar-refractivity contribution in [1.82, 2.24) is 10.6 Å². The lowest BCUT2D eigenvalue weighted by atomic mass is 9.99. The molecule has 3 atom stereocenters. The molecule has 4 N–H and O–H groups in total. The number of urea groups is 1. The first-order valence-corrected chi connectivity index (χ1v) is 8.38. The maximum absolute atomic E-state index is 12.6. The smallest absolute Gasteiger partial charge is 0.322 e. The molecule has 2 fully saturated rings. The molecule has 2 aliphatic rings. The van der Waals surface area contributed by atoms with E-state index in [1.807, 2.05) is 6.92 Å². The minimum atomic E-state index is -0.961. The van der Waals surface area contributed by atoms with Gasteiger partial charge in [0.15, 0.2) is 0 Å². The number of nitrogens with zero attached hydrogens (tertiary/aromatic N) is 1. The molecule has 0 aliphatic carbocycles. The van der Waals surface area contributed by atoms with Gasteiger partial charge in [-0.15, -0.1) is 0 Å². The summed E-state index contributed by atoms with van der Waals surface area (Å²) in [5, 5.41) is 24.9. The predicted octanol–water partition coefficient (Wildman–Crippen LogP) is -0.235. The van der Waals surface area contributed by atoms with Gasteiger partial charge in [-0.05, 0) is 31.0 Å². The van der Waals surface area contributed by atoms with Crippen LogP contribution in [0, 0.1) is 6.92 Å². The van der Waals surface area contributed by atoms with Crippen LogP contribution in [0.15, 0.2) is 18.2 Å². The minimum absolute atomic E-state index is 0.175. The molecule has 8 nitrogen and oxygen atoms in total. The molecule has 25 heavy (non-hydrogen) atoms. The van der Waals surface area contributed by atoms with Crippen molar-refractivity contribution >= 4 is 17.6 Å². The predicted molar refractivity (Wildman–Crippen MR) is 90.6 cm³/mol. The van der Waals surface area contributed by atoms with E-state index in [0.717, 1.165) is 5.56 Å². The Morgan fingerprint density at radius 3 is 2.96 bits per heavy atom. The van der Waals surface area contributed by atoms with Gasteiger partial charge in [-0.3, -0.25) is 9.69 Å². The van der Waals surface area contributed by atoms with Crippen molar-refractivity contribution in [3.63, 3.8) is 0 Å². The van der Waals surface area contributed by atoms with Crippen LogP contribution in [0.2, 0.25) is 0 Å². The van der Waals surface area contributed by atoms with Crippen molar-refractivity contribution in [3.8, 4) is 0 Å². The van der Waals surface area contributed by atoms with Crippen LogP contribution in [0.4, 0.5) is 10.5 Å². The van der Waals surface area contributed by atoms with E-state index in [4.69, 9.17) is 4.74 Å². The Balaban J connectivity index is 1.75. The van der Waals surface area contributed by atoms with Gasteiger partial charge in [-0.1, -0.05) is 6.07 Å². The fraction of sp³-hybridized carbons (Fsp3) is 0.529. The summed E-state index contributed by atoms with van der Waals surface area (Å²) in [5.41, 5.74) is 2.02. The Morgan fingerprint density at radius 1 is 1.48 bits per heavy atom. The normalized spacial score (nSPS) is 26.4. The van der Waals surface area contributed by atoms with Gasteiger partial charge in [-0.25, -0.2) is 4.79 Å². The van der Waals surface area contributed by atoms with Crippen LogP contribution in [0.3, 0.4) is 0 Å². The zero-order valence-electron chi connectivity index (χ0n) is 14.1. The Bertz CT molecular complexity index is 666. The minimum Gasteiger partial charge on any atom is -0.394 e. The second kappa shape index (κ2) is 7.38. The molecule has 2 aliphatic heterocycles. The van der Waals surface area contributed by atoms with E-state index in [1.165, 1.54) is 0 Å². The third-order valence-corrected chi connectivity index (χ3v) is 4.67. The average molecular weight is 349 g/mol. The SMILES string of the molecule is Cc1ccc(C(=O)N[C@H]2CCO[C@H](CO)[C@H]2O)cc1N1CCNC1=O. The molecular formula is C17H23N3O5. The lowest BCUT2D eigenvalue weighted by Gasteiger charge is -2.34. The number of anilines is 1. The van der Waals surface area contributed by atoms with Gasteiger partial charge in [0, 0.05) is 30.9 Å². The molecule has 1 aromatic carbocycles. The lowest BCUT2D eigenvalue weighted by Crippen LogP contribution is -2.54. The van der Waals surface area contributed by atoms with Gasteiger partial charge in [0.2, 0.25) is 0 Å². The number of nitrogens with one attached hydrogen (secondary N) is 2. The van der Waals surface area contributed by atoms with Crippen LogP contribution in [-0.4, -0.2) is 66.7 Å². The third kappa shape index (κ3) is 3.60.